The van der Waals surface area contributed by atoms with Crippen molar-refractivity contribution in [1.82, 2.24) is 15.0 Å². The smallest absolute Gasteiger partial charge is 0.262 e. The van der Waals surface area contributed by atoms with Gasteiger partial charge in [-0.25, -0.2) is 4.39 Å². The van der Waals surface area contributed by atoms with Crippen LogP contribution in [0.3, 0.4) is 0 Å². The van der Waals surface area contributed by atoms with E-state index in [0.717, 1.165) is 11.4 Å². The Balaban J connectivity index is 1.60. The van der Waals surface area contributed by atoms with E-state index < -0.39 is 6.17 Å². The molecule has 6 nitrogen and oxygen atoms in total. The Bertz CT molecular complexity index is 1170. The lowest BCUT2D eigenvalue weighted by molar-refractivity contribution is 0.0974. The molecule has 1 amide bonds. The van der Waals surface area contributed by atoms with E-state index in [1.165, 1.54) is 16.9 Å². The van der Waals surface area contributed by atoms with Crippen molar-refractivity contribution in [2.75, 3.05) is 10.2 Å². The Hall–Kier alpha value is -4.00. The first-order valence-corrected chi connectivity index (χ1v) is 9.13. The molecule has 7 heteroatoms. The van der Waals surface area contributed by atoms with Crippen LogP contribution in [0.5, 0.6) is 0 Å². The van der Waals surface area contributed by atoms with Gasteiger partial charge in [0.25, 0.3) is 5.91 Å². The molecule has 1 atom stereocenters. The van der Waals surface area contributed by atoms with E-state index in [9.17, 15) is 9.18 Å². The van der Waals surface area contributed by atoms with Crippen LogP contribution in [0.2, 0.25) is 0 Å². The monoisotopic (exact) mass is 385 g/mol. The Morgan fingerprint density at radius 2 is 1.59 bits per heavy atom. The molecule has 4 aromatic rings. The maximum absolute atomic E-state index is 13.5. The maximum atomic E-state index is 13.5. The Kier molecular flexibility index (Phi) is 4.05. The normalized spacial score (nSPS) is 15.7. The third kappa shape index (κ3) is 3.02. The second kappa shape index (κ2) is 6.87. The number of rotatable bonds is 3. The molecular formula is C22H16FN5O. The van der Waals surface area contributed by atoms with Gasteiger partial charge in [-0.1, -0.05) is 30.3 Å². The number of fused-ring (bicyclic) bond motifs is 1. The van der Waals surface area contributed by atoms with Gasteiger partial charge in [-0.3, -0.25) is 9.69 Å². The van der Waals surface area contributed by atoms with E-state index in [1.54, 1.807) is 29.3 Å². The minimum atomic E-state index is -0.583. The molecule has 0 fully saturated rings. The van der Waals surface area contributed by atoms with Crippen molar-refractivity contribution in [3.63, 3.8) is 0 Å². The number of carbonyl (C=O) groups is 1. The van der Waals surface area contributed by atoms with Crippen LogP contribution in [0.15, 0.2) is 85.1 Å². The molecule has 0 spiro atoms. The molecule has 1 aliphatic heterocycles. The Morgan fingerprint density at radius 3 is 2.38 bits per heavy atom. The number of benzene rings is 3. The number of para-hydroxylation sites is 2. The highest BCUT2D eigenvalue weighted by molar-refractivity contribution is 6.12. The van der Waals surface area contributed by atoms with Crippen LogP contribution in [0.25, 0.3) is 5.69 Å². The molecule has 0 unspecified atom stereocenters. The predicted molar refractivity (Wildman–Crippen MR) is 107 cm³/mol. The molecule has 1 N–H and O–H groups in total. The van der Waals surface area contributed by atoms with Gasteiger partial charge < -0.3 is 5.32 Å². The van der Waals surface area contributed by atoms with E-state index in [0.29, 0.717) is 16.9 Å². The summed E-state index contributed by atoms with van der Waals surface area (Å²) in [5.74, 6) is -0.552. The van der Waals surface area contributed by atoms with Gasteiger partial charge in [-0.2, -0.15) is 9.90 Å². The van der Waals surface area contributed by atoms with Gasteiger partial charge in [0.05, 0.1) is 17.4 Å². The van der Waals surface area contributed by atoms with Crippen LogP contribution < -0.4 is 10.2 Å². The summed E-state index contributed by atoms with van der Waals surface area (Å²) in [4.78, 5) is 16.4. The fourth-order valence-corrected chi connectivity index (χ4v) is 3.41. The number of anilines is 2. The minimum Gasteiger partial charge on any atom is -0.359 e. The minimum absolute atomic E-state index is 0.190. The zero-order valence-electron chi connectivity index (χ0n) is 15.2. The summed E-state index contributed by atoms with van der Waals surface area (Å²) in [7, 11) is 0. The summed E-state index contributed by atoms with van der Waals surface area (Å²) >= 11 is 0. The van der Waals surface area contributed by atoms with Gasteiger partial charge in [-0.15, -0.1) is 5.10 Å². The van der Waals surface area contributed by atoms with Gasteiger partial charge in [0.1, 0.15) is 11.5 Å². The summed E-state index contributed by atoms with van der Waals surface area (Å²) in [6.07, 6.45) is 1.04. The number of hydrogen-bond donors (Lipinski definition) is 1. The lowest BCUT2D eigenvalue weighted by atomic mass is 10.1. The molecule has 5 rings (SSSR count). The van der Waals surface area contributed by atoms with Gasteiger partial charge in [0.15, 0.2) is 6.17 Å². The zero-order valence-corrected chi connectivity index (χ0v) is 15.2. The summed E-state index contributed by atoms with van der Waals surface area (Å²) in [6, 6.07) is 22.6. The summed E-state index contributed by atoms with van der Waals surface area (Å²) in [6.45, 7) is 0. The first-order chi connectivity index (χ1) is 14.2. The number of aromatic nitrogens is 3. The van der Waals surface area contributed by atoms with Crippen molar-refractivity contribution < 1.29 is 9.18 Å². The van der Waals surface area contributed by atoms with Crippen LogP contribution in [0.1, 0.15) is 22.2 Å². The highest BCUT2D eigenvalue weighted by atomic mass is 19.1. The largest absolute Gasteiger partial charge is 0.359 e. The molecule has 0 aliphatic carbocycles. The lowest BCUT2D eigenvalue weighted by Crippen LogP contribution is -2.43. The number of nitrogens with one attached hydrogen (secondary N) is 1. The first-order valence-electron chi connectivity index (χ1n) is 9.13. The van der Waals surface area contributed by atoms with Crippen LogP contribution >= 0.6 is 0 Å². The average Bonchev–Trinajstić information content (AvgIpc) is 3.25. The van der Waals surface area contributed by atoms with Crippen LogP contribution in [-0.2, 0) is 0 Å². The number of nitrogens with zero attached hydrogens (tertiary/aromatic N) is 4. The van der Waals surface area contributed by atoms with E-state index >= 15 is 0 Å². The molecule has 0 saturated carbocycles. The van der Waals surface area contributed by atoms with Gasteiger partial charge in [0.2, 0.25) is 0 Å². The average molecular weight is 385 g/mol. The molecule has 0 radical (unpaired) electrons. The van der Waals surface area contributed by atoms with Crippen molar-refractivity contribution in [1.29, 1.82) is 0 Å². The predicted octanol–water partition coefficient (Wildman–Crippen LogP) is 4.18. The van der Waals surface area contributed by atoms with Gasteiger partial charge in [-0.05, 0) is 48.5 Å². The number of carbonyl (C=O) groups excluding carboxylic acids is 1. The van der Waals surface area contributed by atoms with E-state index in [1.807, 2.05) is 48.5 Å². The summed E-state index contributed by atoms with van der Waals surface area (Å²) in [5.41, 5.74) is 3.21. The second-order valence-corrected chi connectivity index (χ2v) is 6.64. The summed E-state index contributed by atoms with van der Waals surface area (Å²) in [5, 5.41) is 12.3. The van der Waals surface area contributed by atoms with E-state index in [4.69, 9.17) is 0 Å². The van der Waals surface area contributed by atoms with Crippen molar-refractivity contribution in [2.45, 2.75) is 6.17 Å². The SMILES string of the molecule is O=C1c2ccccc2N[C@H](c2cnn(-c3ccccc3)n2)N1c1ccc(F)cc1. The zero-order chi connectivity index (χ0) is 19.8. The molecule has 3 aromatic carbocycles. The first kappa shape index (κ1) is 17.1. The lowest BCUT2D eigenvalue weighted by Gasteiger charge is -2.36. The van der Waals surface area contributed by atoms with Crippen molar-refractivity contribution in [2.24, 2.45) is 0 Å². The Labute approximate surface area is 166 Å². The van der Waals surface area contributed by atoms with Crippen LogP contribution in [-0.4, -0.2) is 20.9 Å². The molecule has 1 aliphatic rings. The van der Waals surface area contributed by atoms with Crippen LogP contribution in [0.4, 0.5) is 15.8 Å². The molecule has 142 valence electrons. The second-order valence-electron chi connectivity index (χ2n) is 6.64. The topological polar surface area (TPSA) is 63.1 Å². The third-order valence-corrected chi connectivity index (χ3v) is 4.81. The van der Waals surface area contributed by atoms with Crippen molar-refractivity contribution in [3.8, 4) is 5.69 Å². The number of hydrogen-bond acceptors (Lipinski definition) is 4. The van der Waals surface area contributed by atoms with E-state index in [2.05, 4.69) is 15.5 Å². The molecule has 0 bridgehead atoms. The van der Waals surface area contributed by atoms with Crippen LogP contribution in [0, 0.1) is 5.82 Å². The number of amides is 1. The fourth-order valence-electron chi connectivity index (χ4n) is 3.41. The van der Waals surface area contributed by atoms with Gasteiger partial charge in [0, 0.05) is 11.4 Å². The third-order valence-electron chi connectivity index (χ3n) is 4.81. The molecule has 2 heterocycles. The highest BCUT2D eigenvalue weighted by Gasteiger charge is 2.35. The molecular weight excluding hydrogens is 369 g/mol. The maximum Gasteiger partial charge on any atom is 0.262 e. The molecule has 1 aromatic heterocycles. The van der Waals surface area contributed by atoms with Crippen molar-refractivity contribution in [3.05, 3.63) is 102 Å². The quantitative estimate of drug-likeness (QED) is 0.575. The Morgan fingerprint density at radius 1 is 0.862 bits per heavy atom. The van der Waals surface area contributed by atoms with Gasteiger partial charge >= 0.3 is 0 Å². The van der Waals surface area contributed by atoms with Crippen molar-refractivity contribution >= 4 is 17.3 Å². The van der Waals surface area contributed by atoms with E-state index in [-0.39, 0.29) is 11.7 Å². The number of halogens is 1. The summed E-state index contributed by atoms with van der Waals surface area (Å²) < 4.78 is 13.5. The molecule has 29 heavy (non-hydrogen) atoms. The standard InChI is InChI=1S/C22H16FN5O/c23-15-10-12-16(13-11-15)27-21(25-19-9-5-4-8-18(19)22(27)29)20-14-24-28(26-20)17-6-2-1-3-7-17/h1-14,21,25H/t21-/m0/s1. The fraction of sp³-hybridized carbons (Fsp3) is 0.0455. The molecule has 0 saturated heterocycles. The highest BCUT2D eigenvalue weighted by Crippen LogP contribution is 2.35.